The summed E-state index contributed by atoms with van der Waals surface area (Å²) in [6.07, 6.45) is 0. The van der Waals surface area contributed by atoms with E-state index in [9.17, 15) is 4.79 Å². The largest absolute Gasteiger partial charge is 0.465 e. The Morgan fingerprint density at radius 3 is 2.05 bits per heavy atom. The minimum atomic E-state index is -0.501. The highest BCUT2D eigenvalue weighted by Gasteiger charge is 2.20. The van der Waals surface area contributed by atoms with Crippen LogP contribution in [0.25, 0.3) is 0 Å². The molecule has 0 saturated carbocycles. The van der Waals surface area contributed by atoms with E-state index in [2.05, 4.69) is 4.99 Å². The molecule has 112 valence electrons. The summed E-state index contributed by atoms with van der Waals surface area (Å²) in [4.78, 5) is 16.7. The fourth-order valence-electron chi connectivity index (χ4n) is 2.04. The predicted molar refractivity (Wildman–Crippen MR) is 88.0 cm³/mol. The molecular weight excluding hydrogens is 276 g/mol. The molecule has 22 heavy (non-hydrogen) atoms. The van der Waals surface area contributed by atoms with Crippen LogP contribution in [0.2, 0.25) is 0 Å². The van der Waals surface area contributed by atoms with Crippen LogP contribution in [0.1, 0.15) is 12.5 Å². The first-order valence-electron chi connectivity index (χ1n) is 6.87. The molecule has 0 unspecified atom stereocenters. The number of carbonyl (C=O) groups excluding carboxylic acids is 1. The maximum Gasteiger partial charge on any atom is 0.341 e. The molecule has 0 heterocycles. The Labute approximate surface area is 129 Å². The number of nitrogens with two attached hydrogens (primary N) is 1. The molecule has 0 aliphatic carbocycles. The number of ether oxygens (including phenoxy) is 1. The van der Waals surface area contributed by atoms with Gasteiger partial charge in [-0.15, -0.1) is 0 Å². The van der Waals surface area contributed by atoms with Crippen molar-refractivity contribution >= 4 is 17.4 Å². The Kier molecular flexibility index (Phi) is 5.09. The first-order valence-corrected chi connectivity index (χ1v) is 6.87. The SMILES string of the molecule is COC(=O)C(C(=Nc1ccccc1)c1ccccc1)=C(C)N. The van der Waals surface area contributed by atoms with Crippen molar-refractivity contribution < 1.29 is 9.53 Å². The van der Waals surface area contributed by atoms with Crippen molar-refractivity contribution in [1.82, 2.24) is 0 Å². The highest BCUT2D eigenvalue weighted by atomic mass is 16.5. The molecule has 0 aliphatic rings. The molecule has 0 spiro atoms. The summed E-state index contributed by atoms with van der Waals surface area (Å²) in [7, 11) is 1.33. The van der Waals surface area contributed by atoms with Gasteiger partial charge in [-0.1, -0.05) is 48.5 Å². The monoisotopic (exact) mass is 294 g/mol. The zero-order valence-corrected chi connectivity index (χ0v) is 12.6. The Hall–Kier alpha value is -2.88. The lowest BCUT2D eigenvalue weighted by atomic mass is 10.0. The number of hydrogen-bond acceptors (Lipinski definition) is 4. The molecule has 0 fully saturated rings. The molecular formula is C18H18N2O2. The third kappa shape index (κ3) is 3.61. The first-order chi connectivity index (χ1) is 10.6. The molecule has 4 heteroatoms. The normalized spacial score (nSPS) is 12.5. The van der Waals surface area contributed by atoms with E-state index in [1.54, 1.807) is 6.92 Å². The lowest BCUT2D eigenvalue weighted by Crippen LogP contribution is -2.20. The fraction of sp³-hybridized carbons (Fsp3) is 0.111. The number of methoxy groups -OCH3 is 1. The molecule has 0 aromatic heterocycles. The lowest BCUT2D eigenvalue weighted by molar-refractivity contribution is -0.135. The van der Waals surface area contributed by atoms with Gasteiger partial charge < -0.3 is 10.5 Å². The van der Waals surface area contributed by atoms with Crippen molar-refractivity contribution in [1.29, 1.82) is 0 Å². The zero-order valence-electron chi connectivity index (χ0n) is 12.6. The minimum absolute atomic E-state index is 0.276. The van der Waals surface area contributed by atoms with E-state index in [-0.39, 0.29) is 5.57 Å². The summed E-state index contributed by atoms with van der Waals surface area (Å²) in [5, 5.41) is 0. The van der Waals surface area contributed by atoms with Crippen LogP contribution >= 0.6 is 0 Å². The molecule has 4 nitrogen and oxygen atoms in total. The Morgan fingerprint density at radius 2 is 1.55 bits per heavy atom. The first kappa shape index (κ1) is 15.5. The smallest absolute Gasteiger partial charge is 0.341 e. The third-order valence-corrected chi connectivity index (χ3v) is 3.06. The van der Waals surface area contributed by atoms with Crippen LogP contribution in [0.5, 0.6) is 0 Å². The van der Waals surface area contributed by atoms with Crippen molar-refractivity contribution in [3.8, 4) is 0 Å². The number of allylic oxidation sites excluding steroid dienone is 1. The highest BCUT2D eigenvalue weighted by Crippen LogP contribution is 2.19. The van der Waals surface area contributed by atoms with E-state index in [1.165, 1.54) is 7.11 Å². The van der Waals surface area contributed by atoms with Crippen molar-refractivity contribution in [3.63, 3.8) is 0 Å². The van der Waals surface area contributed by atoms with Crippen LogP contribution in [0, 0.1) is 0 Å². The molecule has 0 amide bonds. The number of rotatable bonds is 4. The maximum absolute atomic E-state index is 12.1. The quantitative estimate of drug-likeness (QED) is 0.535. The van der Waals surface area contributed by atoms with E-state index in [4.69, 9.17) is 10.5 Å². The second-order valence-electron chi connectivity index (χ2n) is 4.71. The highest BCUT2D eigenvalue weighted by molar-refractivity contribution is 6.27. The molecule has 2 N–H and O–H groups in total. The van der Waals surface area contributed by atoms with E-state index in [0.717, 1.165) is 11.3 Å². The number of para-hydroxylation sites is 1. The standard InChI is InChI=1S/C18H18N2O2/c1-13(19)16(18(21)22-2)17(14-9-5-3-6-10-14)20-15-11-7-4-8-12-15/h3-12H,19H2,1-2H3. The van der Waals surface area contributed by atoms with E-state index >= 15 is 0 Å². The number of nitrogens with zero attached hydrogens (tertiary/aromatic N) is 1. The van der Waals surface area contributed by atoms with E-state index < -0.39 is 5.97 Å². The zero-order chi connectivity index (χ0) is 15.9. The maximum atomic E-state index is 12.1. The molecule has 0 radical (unpaired) electrons. The Balaban J connectivity index is 2.64. The van der Waals surface area contributed by atoms with Gasteiger partial charge in [-0.2, -0.15) is 0 Å². The van der Waals surface area contributed by atoms with E-state index in [0.29, 0.717) is 11.4 Å². The number of hydrogen-bond donors (Lipinski definition) is 1. The molecule has 0 atom stereocenters. The van der Waals surface area contributed by atoms with Crippen molar-refractivity contribution in [2.75, 3.05) is 7.11 Å². The summed E-state index contributed by atoms with van der Waals surface area (Å²) in [5.41, 5.74) is 8.59. The summed E-state index contributed by atoms with van der Waals surface area (Å²) >= 11 is 0. The summed E-state index contributed by atoms with van der Waals surface area (Å²) in [5.74, 6) is -0.501. The lowest BCUT2D eigenvalue weighted by Gasteiger charge is -2.12. The average molecular weight is 294 g/mol. The molecule has 2 rings (SSSR count). The van der Waals surface area contributed by atoms with Gasteiger partial charge in [0.25, 0.3) is 0 Å². The fourth-order valence-corrected chi connectivity index (χ4v) is 2.04. The van der Waals surface area contributed by atoms with Crippen molar-refractivity contribution in [2.45, 2.75) is 6.92 Å². The summed E-state index contributed by atoms with van der Waals surface area (Å²) in [6.45, 7) is 1.66. The molecule has 2 aromatic rings. The molecule has 0 saturated heterocycles. The Bertz CT molecular complexity index is 700. The van der Waals surface area contributed by atoms with Gasteiger partial charge in [0.2, 0.25) is 0 Å². The second-order valence-corrected chi connectivity index (χ2v) is 4.71. The van der Waals surface area contributed by atoms with Crippen LogP contribution in [0.4, 0.5) is 5.69 Å². The van der Waals surface area contributed by atoms with Gasteiger partial charge in [0.15, 0.2) is 0 Å². The van der Waals surface area contributed by atoms with Gasteiger partial charge in [0.05, 0.1) is 18.5 Å². The van der Waals surface area contributed by atoms with Crippen LogP contribution in [-0.2, 0) is 9.53 Å². The minimum Gasteiger partial charge on any atom is -0.465 e. The Morgan fingerprint density at radius 1 is 1.00 bits per heavy atom. The van der Waals surface area contributed by atoms with Crippen LogP contribution < -0.4 is 5.73 Å². The topological polar surface area (TPSA) is 64.7 Å². The number of carbonyl (C=O) groups is 1. The molecule has 2 aromatic carbocycles. The summed E-state index contributed by atoms with van der Waals surface area (Å²) in [6, 6.07) is 18.9. The molecule has 0 aliphatic heterocycles. The van der Waals surface area contributed by atoms with Crippen LogP contribution in [0.15, 0.2) is 76.9 Å². The van der Waals surface area contributed by atoms with E-state index in [1.807, 2.05) is 60.7 Å². The van der Waals surface area contributed by atoms with Gasteiger partial charge in [0, 0.05) is 11.3 Å². The van der Waals surface area contributed by atoms with Gasteiger partial charge >= 0.3 is 5.97 Å². The molecule has 0 bridgehead atoms. The predicted octanol–water partition coefficient (Wildman–Crippen LogP) is 3.21. The summed E-state index contributed by atoms with van der Waals surface area (Å²) < 4.78 is 4.86. The number of esters is 1. The average Bonchev–Trinajstić information content (AvgIpc) is 2.55. The third-order valence-electron chi connectivity index (χ3n) is 3.06. The van der Waals surface area contributed by atoms with Gasteiger partial charge in [-0.3, -0.25) is 0 Å². The van der Waals surface area contributed by atoms with Crippen molar-refractivity contribution in [3.05, 3.63) is 77.5 Å². The van der Waals surface area contributed by atoms with Gasteiger partial charge in [-0.25, -0.2) is 9.79 Å². The second kappa shape index (κ2) is 7.22. The van der Waals surface area contributed by atoms with Crippen LogP contribution in [-0.4, -0.2) is 18.8 Å². The van der Waals surface area contributed by atoms with Crippen LogP contribution in [0.3, 0.4) is 0 Å². The number of aliphatic imine (C=N–C) groups is 1. The number of benzene rings is 2. The van der Waals surface area contributed by atoms with Gasteiger partial charge in [0.1, 0.15) is 5.57 Å². The van der Waals surface area contributed by atoms with Gasteiger partial charge in [-0.05, 0) is 19.1 Å². The van der Waals surface area contributed by atoms with Crippen molar-refractivity contribution in [2.24, 2.45) is 10.7 Å².